The highest BCUT2D eigenvalue weighted by Gasteiger charge is 2.30. The van der Waals surface area contributed by atoms with Crippen LogP contribution in [0.5, 0.6) is 0 Å². The highest BCUT2D eigenvalue weighted by molar-refractivity contribution is 9.10. The summed E-state index contributed by atoms with van der Waals surface area (Å²) in [5.74, 6) is 0.773. The van der Waals surface area contributed by atoms with Gasteiger partial charge in [0.25, 0.3) is 0 Å². The van der Waals surface area contributed by atoms with Crippen LogP contribution in [0.15, 0.2) is 33.6 Å². The van der Waals surface area contributed by atoms with Gasteiger partial charge in [-0.1, -0.05) is 29.3 Å². The summed E-state index contributed by atoms with van der Waals surface area (Å²) in [6.45, 7) is 2.22. The number of halogens is 1. The molecule has 1 fully saturated rings. The van der Waals surface area contributed by atoms with Crippen LogP contribution < -0.4 is 0 Å². The number of sulfonamides is 1. The van der Waals surface area contributed by atoms with E-state index in [4.69, 9.17) is 0 Å². The monoisotopic (exact) mass is 359 g/mol. The first-order chi connectivity index (χ1) is 9.45. The molecule has 3 nitrogen and oxygen atoms in total. The van der Waals surface area contributed by atoms with Gasteiger partial charge in [-0.25, -0.2) is 8.42 Å². The second kappa shape index (κ2) is 6.58. The van der Waals surface area contributed by atoms with Crippen LogP contribution in [0, 0.1) is 5.92 Å². The molecule has 1 aliphatic rings. The molecular weight excluding hydrogens is 338 g/mol. The van der Waals surface area contributed by atoms with Crippen molar-refractivity contribution in [2.45, 2.75) is 50.0 Å². The van der Waals surface area contributed by atoms with Crippen LogP contribution in [0.4, 0.5) is 0 Å². The minimum atomic E-state index is -3.37. The molecule has 0 heterocycles. The topological polar surface area (TPSA) is 37.4 Å². The lowest BCUT2D eigenvalue weighted by molar-refractivity contribution is 0.233. The lowest BCUT2D eigenvalue weighted by atomic mass is 9.85. The Morgan fingerprint density at radius 3 is 2.20 bits per heavy atom. The molecule has 112 valence electrons. The van der Waals surface area contributed by atoms with Gasteiger partial charge in [0.15, 0.2) is 0 Å². The number of nitrogens with zero attached hydrogens (tertiary/aromatic N) is 1. The van der Waals surface area contributed by atoms with Gasteiger partial charge in [0, 0.05) is 17.6 Å². The zero-order chi connectivity index (χ0) is 14.8. The molecule has 1 aromatic rings. The Morgan fingerprint density at radius 1 is 1.15 bits per heavy atom. The Bertz CT molecular complexity index is 533. The van der Waals surface area contributed by atoms with Crippen molar-refractivity contribution in [2.24, 2.45) is 5.92 Å². The molecule has 0 saturated heterocycles. The molecule has 1 aromatic carbocycles. The normalized spacial score (nSPS) is 24.0. The fraction of sp³-hybridized carbons (Fsp3) is 0.600. The van der Waals surface area contributed by atoms with Crippen molar-refractivity contribution in [3.8, 4) is 0 Å². The highest BCUT2D eigenvalue weighted by atomic mass is 79.9. The fourth-order valence-corrected chi connectivity index (χ4v) is 4.57. The molecule has 0 aliphatic heterocycles. The third-order valence-electron chi connectivity index (χ3n) is 4.40. The van der Waals surface area contributed by atoms with E-state index in [0.29, 0.717) is 4.90 Å². The Labute approximate surface area is 130 Å². The van der Waals surface area contributed by atoms with E-state index in [0.717, 1.165) is 36.1 Å². The third-order valence-corrected chi connectivity index (χ3v) is 6.85. The van der Waals surface area contributed by atoms with E-state index in [1.807, 2.05) is 0 Å². The van der Waals surface area contributed by atoms with Crippen molar-refractivity contribution in [1.29, 1.82) is 0 Å². The van der Waals surface area contributed by atoms with Gasteiger partial charge in [-0.3, -0.25) is 0 Å². The molecule has 1 saturated carbocycles. The summed E-state index contributed by atoms with van der Waals surface area (Å²) in [5.41, 5.74) is 0. The molecule has 0 bridgehead atoms. The van der Waals surface area contributed by atoms with Crippen molar-refractivity contribution >= 4 is 26.0 Å². The average molecular weight is 360 g/mol. The largest absolute Gasteiger partial charge is 0.243 e. The molecule has 1 aliphatic carbocycles. The smallest absolute Gasteiger partial charge is 0.207 e. The predicted octanol–water partition coefficient (Wildman–Crippen LogP) is 4.04. The molecule has 0 spiro atoms. The zero-order valence-corrected chi connectivity index (χ0v) is 14.5. The summed E-state index contributed by atoms with van der Waals surface area (Å²) < 4.78 is 27.7. The first-order valence-corrected chi connectivity index (χ1v) is 9.42. The first kappa shape index (κ1) is 16.0. The van der Waals surface area contributed by atoms with E-state index in [1.54, 1.807) is 35.6 Å². The molecule has 5 heteroatoms. The Morgan fingerprint density at radius 2 is 1.70 bits per heavy atom. The van der Waals surface area contributed by atoms with Crippen LogP contribution in [-0.4, -0.2) is 25.8 Å². The SMILES string of the molecule is CCC1CCC(N(C)S(=O)(=O)c2ccc(Br)cc2)CC1. The maximum atomic E-state index is 12.6. The van der Waals surface area contributed by atoms with Crippen molar-refractivity contribution in [3.05, 3.63) is 28.7 Å². The number of hydrogen-bond acceptors (Lipinski definition) is 2. The molecule has 0 radical (unpaired) electrons. The summed E-state index contributed by atoms with van der Waals surface area (Å²) in [5, 5.41) is 0. The summed E-state index contributed by atoms with van der Waals surface area (Å²) in [4.78, 5) is 0.376. The van der Waals surface area contributed by atoms with E-state index in [-0.39, 0.29) is 6.04 Å². The van der Waals surface area contributed by atoms with Gasteiger partial charge in [0.1, 0.15) is 0 Å². The summed E-state index contributed by atoms with van der Waals surface area (Å²) >= 11 is 3.33. The third kappa shape index (κ3) is 3.43. The van der Waals surface area contributed by atoms with E-state index in [9.17, 15) is 8.42 Å². The lowest BCUT2D eigenvalue weighted by Gasteiger charge is -2.33. The minimum absolute atomic E-state index is 0.145. The van der Waals surface area contributed by atoms with E-state index in [2.05, 4.69) is 22.9 Å². The second-order valence-corrected chi connectivity index (χ2v) is 8.47. The number of hydrogen-bond donors (Lipinski definition) is 0. The molecule has 0 atom stereocenters. The molecule has 0 aromatic heterocycles. The van der Waals surface area contributed by atoms with Gasteiger partial charge < -0.3 is 0 Å². The van der Waals surface area contributed by atoms with Crippen molar-refractivity contribution in [3.63, 3.8) is 0 Å². The quantitative estimate of drug-likeness (QED) is 0.813. The lowest BCUT2D eigenvalue weighted by Crippen LogP contribution is -2.39. The van der Waals surface area contributed by atoms with Gasteiger partial charge in [-0.2, -0.15) is 4.31 Å². The van der Waals surface area contributed by atoms with Crippen LogP contribution in [0.3, 0.4) is 0 Å². The maximum Gasteiger partial charge on any atom is 0.243 e. The fourth-order valence-electron chi connectivity index (χ4n) is 2.89. The van der Waals surface area contributed by atoms with Gasteiger partial charge in [-0.05, 0) is 55.9 Å². The van der Waals surface area contributed by atoms with E-state index >= 15 is 0 Å². The van der Waals surface area contributed by atoms with Crippen LogP contribution >= 0.6 is 15.9 Å². The molecule has 0 N–H and O–H groups in total. The molecule has 2 rings (SSSR count). The van der Waals surface area contributed by atoms with Gasteiger partial charge in [0.05, 0.1) is 4.90 Å². The minimum Gasteiger partial charge on any atom is -0.207 e. The van der Waals surface area contributed by atoms with Gasteiger partial charge in [-0.15, -0.1) is 0 Å². The number of benzene rings is 1. The standard InChI is InChI=1S/C15H22BrNO2S/c1-3-12-4-8-14(9-5-12)17(2)20(18,19)15-10-6-13(16)7-11-15/h6-7,10-12,14H,3-5,8-9H2,1-2H3. The maximum absolute atomic E-state index is 12.6. The Hall–Kier alpha value is -0.390. The van der Waals surface area contributed by atoms with Crippen LogP contribution in [0.1, 0.15) is 39.0 Å². The average Bonchev–Trinajstić information content (AvgIpc) is 2.47. The Balaban J connectivity index is 2.11. The summed E-state index contributed by atoms with van der Waals surface area (Å²) in [6.07, 6.45) is 5.44. The van der Waals surface area contributed by atoms with E-state index < -0.39 is 10.0 Å². The predicted molar refractivity (Wildman–Crippen MR) is 85.1 cm³/mol. The Kier molecular flexibility index (Phi) is 5.26. The van der Waals surface area contributed by atoms with Crippen molar-refractivity contribution < 1.29 is 8.42 Å². The molecular formula is C15H22BrNO2S. The summed E-state index contributed by atoms with van der Waals surface area (Å²) in [6, 6.07) is 7.01. The van der Waals surface area contributed by atoms with Crippen LogP contribution in [0.2, 0.25) is 0 Å². The highest BCUT2D eigenvalue weighted by Crippen LogP contribution is 2.31. The van der Waals surface area contributed by atoms with Crippen molar-refractivity contribution in [1.82, 2.24) is 4.31 Å². The molecule has 20 heavy (non-hydrogen) atoms. The van der Waals surface area contributed by atoms with E-state index in [1.165, 1.54) is 6.42 Å². The van der Waals surface area contributed by atoms with Gasteiger partial charge in [0.2, 0.25) is 10.0 Å². The second-order valence-electron chi connectivity index (χ2n) is 5.56. The zero-order valence-electron chi connectivity index (χ0n) is 12.0. The van der Waals surface area contributed by atoms with Gasteiger partial charge >= 0.3 is 0 Å². The molecule has 0 amide bonds. The van der Waals surface area contributed by atoms with Crippen LogP contribution in [0.25, 0.3) is 0 Å². The first-order valence-electron chi connectivity index (χ1n) is 7.18. The van der Waals surface area contributed by atoms with Crippen molar-refractivity contribution in [2.75, 3.05) is 7.05 Å². The molecule has 0 unspecified atom stereocenters. The number of rotatable bonds is 4. The summed E-state index contributed by atoms with van der Waals surface area (Å²) in [7, 11) is -1.65. The van der Waals surface area contributed by atoms with Crippen LogP contribution in [-0.2, 0) is 10.0 Å².